The Morgan fingerprint density at radius 3 is 2.00 bits per heavy atom. The molecule has 0 atom stereocenters. The van der Waals surface area contributed by atoms with E-state index in [1.54, 1.807) is 24.3 Å². The second-order valence-corrected chi connectivity index (χ2v) is 5.06. The molecule has 0 unspecified atom stereocenters. The number of hydrogen-bond acceptors (Lipinski definition) is 4. The number of carbonyl (C=O) groups excluding carboxylic acids is 3. The third-order valence-corrected chi connectivity index (χ3v) is 3.43. The van der Waals surface area contributed by atoms with Crippen molar-refractivity contribution in [3.05, 3.63) is 35.9 Å². The number of hydrogen-bond donors (Lipinski definition) is 2. The number of halogens is 1. The van der Waals surface area contributed by atoms with E-state index in [-0.39, 0.29) is 12.4 Å². The molecule has 0 spiro atoms. The van der Waals surface area contributed by atoms with Gasteiger partial charge >= 0.3 is 6.03 Å². The Kier molecular flexibility index (Phi) is 5.46. The van der Waals surface area contributed by atoms with Crippen LogP contribution < -0.4 is 10.6 Å². The lowest BCUT2D eigenvalue weighted by molar-refractivity contribution is -0.139. The van der Waals surface area contributed by atoms with Crippen molar-refractivity contribution in [2.75, 3.05) is 20.6 Å². The molecule has 0 aliphatic carbocycles. The van der Waals surface area contributed by atoms with Crippen molar-refractivity contribution in [1.29, 1.82) is 0 Å². The Balaban J connectivity index is 0.00000220. The van der Waals surface area contributed by atoms with Crippen LogP contribution in [0.2, 0.25) is 0 Å². The number of rotatable bonds is 4. The zero-order valence-corrected chi connectivity index (χ0v) is 12.7. The Bertz CT molecular complexity index is 526. The fourth-order valence-electron chi connectivity index (χ4n) is 2.30. The largest absolute Gasteiger partial charge is 0.328 e. The SMILES string of the molecule is CN(C)CCC1(c2ccccc2)C(=O)NC(=O)NC1=O.Cl. The Labute approximate surface area is 129 Å². The molecule has 1 aromatic carbocycles. The van der Waals surface area contributed by atoms with Crippen LogP contribution in [0.4, 0.5) is 4.79 Å². The highest BCUT2D eigenvalue weighted by atomic mass is 35.5. The van der Waals surface area contributed by atoms with Crippen molar-refractivity contribution in [3.8, 4) is 0 Å². The first-order chi connectivity index (χ1) is 9.46. The third-order valence-electron chi connectivity index (χ3n) is 3.43. The van der Waals surface area contributed by atoms with Gasteiger partial charge in [-0.1, -0.05) is 30.3 Å². The minimum absolute atomic E-state index is 0. The summed E-state index contributed by atoms with van der Waals surface area (Å²) in [5.74, 6) is -1.14. The van der Waals surface area contributed by atoms with Crippen LogP contribution in [0, 0.1) is 0 Å². The van der Waals surface area contributed by atoms with Gasteiger partial charge in [0.2, 0.25) is 11.8 Å². The molecule has 1 heterocycles. The molecular formula is C14H18ClN3O3. The maximum absolute atomic E-state index is 12.3. The summed E-state index contributed by atoms with van der Waals surface area (Å²) < 4.78 is 0. The highest BCUT2D eigenvalue weighted by Crippen LogP contribution is 2.30. The van der Waals surface area contributed by atoms with E-state index in [2.05, 4.69) is 10.6 Å². The van der Waals surface area contributed by atoms with Crippen LogP contribution in [0.25, 0.3) is 0 Å². The van der Waals surface area contributed by atoms with Crippen LogP contribution in [-0.4, -0.2) is 43.4 Å². The van der Waals surface area contributed by atoms with Crippen molar-refractivity contribution in [2.24, 2.45) is 0 Å². The molecule has 0 aromatic heterocycles. The van der Waals surface area contributed by atoms with E-state index in [0.717, 1.165) is 0 Å². The molecule has 7 heteroatoms. The number of barbiturate groups is 1. The van der Waals surface area contributed by atoms with Crippen LogP contribution in [0.3, 0.4) is 0 Å². The summed E-state index contributed by atoms with van der Waals surface area (Å²) in [6.45, 7) is 0.546. The van der Waals surface area contributed by atoms with Crippen LogP contribution in [0.15, 0.2) is 30.3 Å². The lowest BCUT2D eigenvalue weighted by Gasteiger charge is -2.35. The molecule has 1 aliphatic rings. The lowest BCUT2D eigenvalue weighted by Crippen LogP contribution is -2.65. The summed E-state index contributed by atoms with van der Waals surface area (Å²) >= 11 is 0. The average molecular weight is 312 g/mol. The van der Waals surface area contributed by atoms with Crippen LogP contribution in [0.5, 0.6) is 0 Å². The molecule has 0 radical (unpaired) electrons. The van der Waals surface area contributed by atoms with E-state index in [9.17, 15) is 14.4 Å². The molecule has 0 bridgehead atoms. The fourth-order valence-corrected chi connectivity index (χ4v) is 2.30. The van der Waals surface area contributed by atoms with Gasteiger partial charge in [0, 0.05) is 0 Å². The van der Waals surface area contributed by atoms with Crippen molar-refractivity contribution < 1.29 is 14.4 Å². The van der Waals surface area contributed by atoms with Gasteiger partial charge in [0.25, 0.3) is 0 Å². The Morgan fingerprint density at radius 2 is 1.52 bits per heavy atom. The quantitative estimate of drug-likeness (QED) is 0.801. The maximum Gasteiger partial charge on any atom is 0.328 e. The zero-order chi connectivity index (χ0) is 14.8. The number of urea groups is 1. The van der Waals surface area contributed by atoms with Gasteiger partial charge in [0.15, 0.2) is 5.41 Å². The number of benzene rings is 1. The summed E-state index contributed by atoms with van der Waals surface area (Å²) in [4.78, 5) is 37.8. The van der Waals surface area contributed by atoms with Gasteiger partial charge in [0.05, 0.1) is 0 Å². The summed E-state index contributed by atoms with van der Waals surface area (Å²) in [5.41, 5.74) is -0.774. The van der Waals surface area contributed by atoms with E-state index < -0.39 is 23.3 Å². The topological polar surface area (TPSA) is 78.5 Å². The van der Waals surface area contributed by atoms with E-state index in [0.29, 0.717) is 18.5 Å². The molecule has 1 aromatic rings. The van der Waals surface area contributed by atoms with Gasteiger partial charge in [-0.05, 0) is 32.6 Å². The molecule has 2 N–H and O–H groups in total. The number of nitrogens with one attached hydrogen (secondary N) is 2. The van der Waals surface area contributed by atoms with E-state index in [1.807, 2.05) is 25.1 Å². The van der Waals surface area contributed by atoms with Crippen molar-refractivity contribution >= 4 is 30.3 Å². The number of nitrogens with zero attached hydrogens (tertiary/aromatic N) is 1. The standard InChI is InChI=1S/C14H17N3O3.ClH/c1-17(2)9-8-14(10-6-4-3-5-7-10)11(18)15-13(20)16-12(14)19;/h3-7H,8-9H2,1-2H3,(H2,15,16,18,19,20);1H. The second kappa shape index (κ2) is 6.69. The normalized spacial score (nSPS) is 17.0. The van der Waals surface area contributed by atoms with Gasteiger partial charge in [-0.15, -0.1) is 12.4 Å². The maximum atomic E-state index is 12.3. The minimum Gasteiger partial charge on any atom is -0.309 e. The molecule has 1 saturated heterocycles. The molecule has 114 valence electrons. The predicted molar refractivity (Wildman–Crippen MR) is 80.2 cm³/mol. The van der Waals surface area contributed by atoms with Gasteiger partial charge in [-0.25, -0.2) is 4.79 Å². The third kappa shape index (κ3) is 3.22. The van der Waals surface area contributed by atoms with Gasteiger partial charge in [-0.2, -0.15) is 0 Å². The van der Waals surface area contributed by atoms with Crippen LogP contribution >= 0.6 is 12.4 Å². The molecular weight excluding hydrogens is 294 g/mol. The lowest BCUT2D eigenvalue weighted by atomic mass is 9.74. The van der Waals surface area contributed by atoms with Crippen molar-refractivity contribution in [2.45, 2.75) is 11.8 Å². The highest BCUT2D eigenvalue weighted by molar-refractivity contribution is 6.22. The first-order valence-corrected chi connectivity index (χ1v) is 6.34. The number of carbonyl (C=O) groups is 3. The van der Waals surface area contributed by atoms with Crippen molar-refractivity contribution in [1.82, 2.24) is 15.5 Å². The Morgan fingerprint density at radius 1 is 1.00 bits per heavy atom. The molecule has 2 rings (SSSR count). The summed E-state index contributed by atoms with van der Waals surface area (Å²) in [6.07, 6.45) is 0.301. The fraction of sp³-hybridized carbons (Fsp3) is 0.357. The first-order valence-electron chi connectivity index (χ1n) is 6.34. The van der Waals surface area contributed by atoms with E-state index in [4.69, 9.17) is 0 Å². The molecule has 4 amide bonds. The summed E-state index contributed by atoms with van der Waals surface area (Å²) in [5, 5.41) is 4.39. The van der Waals surface area contributed by atoms with Gasteiger partial charge in [0.1, 0.15) is 0 Å². The smallest absolute Gasteiger partial charge is 0.309 e. The molecule has 21 heavy (non-hydrogen) atoms. The molecule has 1 fully saturated rings. The number of amides is 4. The van der Waals surface area contributed by atoms with E-state index >= 15 is 0 Å². The van der Waals surface area contributed by atoms with Gasteiger partial charge in [-0.3, -0.25) is 20.2 Å². The molecule has 0 saturated carbocycles. The van der Waals surface area contributed by atoms with Crippen LogP contribution in [-0.2, 0) is 15.0 Å². The van der Waals surface area contributed by atoms with Crippen LogP contribution in [0.1, 0.15) is 12.0 Å². The Hall–Kier alpha value is -1.92. The monoisotopic (exact) mass is 311 g/mol. The highest BCUT2D eigenvalue weighted by Gasteiger charge is 2.51. The molecule has 1 aliphatic heterocycles. The minimum atomic E-state index is -1.36. The number of imide groups is 2. The average Bonchev–Trinajstić information content (AvgIpc) is 2.39. The van der Waals surface area contributed by atoms with E-state index in [1.165, 1.54) is 0 Å². The summed E-state index contributed by atoms with van der Waals surface area (Å²) in [6, 6.07) is 8.03. The first kappa shape index (κ1) is 17.1. The summed E-state index contributed by atoms with van der Waals surface area (Å²) in [7, 11) is 3.73. The predicted octanol–water partition coefficient (Wildman–Crippen LogP) is 0.664. The second-order valence-electron chi connectivity index (χ2n) is 5.06. The van der Waals surface area contributed by atoms with Crippen molar-refractivity contribution in [3.63, 3.8) is 0 Å². The zero-order valence-electron chi connectivity index (χ0n) is 11.9. The molecule has 6 nitrogen and oxygen atoms in total. The van der Waals surface area contributed by atoms with Gasteiger partial charge < -0.3 is 4.90 Å².